The maximum Gasteiger partial charge on any atom is 0.125 e. The van der Waals surface area contributed by atoms with Crippen molar-refractivity contribution in [1.82, 2.24) is 0 Å². The number of rotatable bonds is 5. The van der Waals surface area contributed by atoms with Gasteiger partial charge in [-0.3, -0.25) is 0 Å². The molecule has 106 valence electrons. The Morgan fingerprint density at radius 2 is 1.70 bits per heavy atom. The Kier molecular flexibility index (Phi) is 4.91. The van der Waals surface area contributed by atoms with E-state index in [-0.39, 0.29) is 0 Å². The Hall–Kier alpha value is -1.67. The number of ether oxygens (including phenoxy) is 2. The quantitative estimate of drug-likeness (QED) is 0.748. The van der Waals surface area contributed by atoms with Gasteiger partial charge in [0.1, 0.15) is 18.1 Å². The Morgan fingerprint density at radius 3 is 2.30 bits per heavy atom. The second-order valence-electron chi connectivity index (χ2n) is 4.83. The van der Waals surface area contributed by atoms with Gasteiger partial charge in [-0.15, -0.1) is 11.6 Å². The van der Waals surface area contributed by atoms with Gasteiger partial charge in [0, 0.05) is 5.88 Å². The predicted molar refractivity (Wildman–Crippen MR) is 82.8 cm³/mol. The molecule has 0 unspecified atom stereocenters. The van der Waals surface area contributed by atoms with Gasteiger partial charge in [-0.25, -0.2) is 0 Å². The van der Waals surface area contributed by atoms with E-state index < -0.39 is 0 Å². The monoisotopic (exact) mass is 290 g/mol. The van der Waals surface area contributed by atoms with Crippen LogP contribution in [0.5, 0.6) is 11.5 Å². The Morgan fingerprint density at radius 1 is 1.00 bits per heavy atom. The van der Waals surface area contributed by atoms with E-state index in [2.05, 4.69) is 12.1 Å². The largest absolute Gasteiger partial charge is 0.497 e. The Bertz CT molecular complexity index is 570. The first-order valence-corrected chi connectivity index (χ1v) is 7.09. The van der Waals surface area contributed by atoms with Crippen molar-refractivity contribution in [3.8, 4) is 11.5 Å². The third-order valence-electron chi connectivity index (χ3n) is 3.19. The fourth-order valence-electron chi connectivity index (χ4n) is 2.26. The highest BCUT2D eigenvalue weighted by molar-refractivity contribution is 6.17. The highest BCUT2D eigenvalue weighted by Gasteiger charge is 2.07. The van der Waals surface area contributed by atoms with Gasteiger partial charge in [-0.2, -0.15) is 0 Å². The van der Waals surface area contributed by atoms with Crippen LogP contribution in [0, 0.1) is 13.8 Å². The van der Waals surface area contributed by atoms with Gasteiger partial charge in [0.15, 0.2) is 0 Å². The molecule has 0 saturated heterocycles. The molecule has 0 radical (unpaired) electrons. The predicted octanol–water partition coefficient (Wildman–Crippen LogP) is 4.63. The normalized spacial score (nSPS) is 10.4. The molecular weight excluding hydrogens is 272 g/mol. The second-order valence-corrected chi connectivity index (χ2v) is 5.10. The second kappa shape index (κ2) is 6.67. The zero-order valence-electron chi connectivity index (χ0n) is 12.1. The maximum absolute atomic E-state index is 5.95. The van der Waals surface area contributed by atoms with Crippen LogP contribution in [0.2, 0.25) is 0 Å². The number of hydrogen-bond acceptors (Lipinski definition) is 2. The van der Waals surface area contributed by atoms with Gasteiger partial charge in [0.05, 0.1) is 7.11 Å². The number of aryl methyl sites for hydroxylation is 2. The fourth-order valence-corrected chi connectivity index (χ4v) is 2.42. The summed E-state index contributed by atoms with van der Waals surface area (Å²) >= 11 is 5.87. The number of methoxy groups -OCH3 is 1. The minimum atomic E-state index is 0.526. The van der Waals surface area contributed by atoms with Crippen molar-refractivity contribution in [3.05, 3.63) is 58.7 Å². The van der Waals surface area contributed by atoms with Crippen molar-refractivity contribution in [2.45, 2.75) is 26.3 Å². The first-order valence-electron chi connectivity index (χ1n) is 6.56. The van der Waals surface area contributed by atoms with Gasteiger partial charge in [-0.1, -0.05) is 24.3 Å². The third-order valence-corrected chi connectivity index (χ3v) is 3.50. The summed E-state index contributed by atoms with van der Waals surface area (Å²) in [6.07, 6.45) is 0. The van der Waals surface area contributed by atoms with Crippen LogP contribution in [0.25, 0.3) is 0 Å². The summed E-state index contributed by atoms with van der Waals surface area (Å²) in [7, 11) is 1.67. The Labute approximate surface area is 125 Å². The van der Waals surface area contributed by atoms with Crippen LogP contribution in [0.4, 0.5) is 0 Å². The van der Waals surface area contributed by atoms with Gasteiger partial charge in [-0.05, 0) is 48.2 Å². The Balaban J connectivity index is 2.14. The molecule has 0 aliphatic heterocycles. The summed E-state index contributed by atoms with van der Waals surface area (Å²) in [5, 5.41) is 0. The van der Waals surface area contributed by atoms with E-state index in [1.54, 1.807) is 7.11 Å². The summed E-state index contributed by atoms with van der Waals surface area (Å²) in [5.41, 5.74) is 4.44. The lowest BCUT2D eigenvalue weighted by Gasteiger charge is -2.14. The van der Waals surface area contributed by atoms with Crippen LogP contribution >= 0.6 is 11.6 Å². The number of benzene rings is 2. The van der Waals surface area contributed by atoms with Crippen LogP contribution < -0.4 is 9.47 Å². The van der Waals surface area contributed by atoms with Gasteiger partial charge in [0.25, 0.3) is 0 Å². The van der Waals surface area contributed by atoms with E-state index in [0.29, 0.717) is 12.5 Å². The molecule has 3 heteroatoms. The molecule has 20 heavy (non-hydrogen) atoms. The molecule has 2 rings (SSSR count). The van der Waals surface area contributed by atoms with Crippen molar-refractivity contribution in [2.75, 3.05) is 7.11 Å². The average molecular weight is 291 g/mol. The topological polar surface area (TPSA) is 18.5 Å². The molecule has 0 aliphatic carbocycles. The lowest BCUT2D eigenvalue weighted by molar-refractivity contribution is 0.301. The summed E-state index contributed by atoms with van der Waals surface area (Å²) < 4.78 is 11.2. The van der Waals surface area contributed by atoms with E-state index in [1.807, 2.05) is 38.1 Å². The molecular formula is C17H19ClO2. The minimum absolute atomic E-state index is 0.526. The molecule has 0 N–H and O–H groups in total. The zero-order chi connectivity index (χ0) is 14.5. The number of halogens is 1. The van der Waals surface area contributed by atoms with Crippen LogP contribution in [-0.2, 0) is 12.5 Å². The molecule has 0 atom stereocenters. The molecule has 2 nitrogen and oxygen atoms in total. The highest BCUT2D eigenvalue weighted by atomic mass is 35.5. The van der Waals surface area contributed by atoms with E-state index in [4.69, 9.17) is 21.1 Å². The summed E-state index contributed by atoms with van der Waals surface area (Å²) in [6.45, 7) is 4.62. The van der Waals surface area contributed by atoms with Gasteiger partial charge in [0.2, 0.25) is 0 Å². The van der Waals surface area contributed by atoms with Crippen molar-refractivity contribution in [3.63, 3.8) is 0 Å². The van der Waals surface area contributed by atoms with Crippen molar-refractivity contribution >= 4 is 11.6 Å². The molecule has 0 saturated carbocycles. The van der Waals surface area contributed by atoms with Crippen LogP contribution in [0.3, 0.4) is 0 Å². The van der Waals surface area contributed by atoms with Crippen LogP contribution in [0.1, 0.15) is 22.3 Å². The first-order chi connectivity index (χ1) is 9.63. The number of hydrogen-bond donors (Lipinski definition) is 0. The summed E-state index contributed by atoms with van der Waals surface area (Å²) in [6, 6.07) is 12.0. The molecule has 0 amide bonds. The summed E-state index contributed by atoms with van der Waals surface area (Å²) in [4.78, 5) is 0. The summed E-state index contributed by atoms with van der Waals surface area (Å²) in [5.74, 6) is 2.30. The van der Waals surface area contributed by atoms with Gasteiger partial charge < -0.3 is 9.47 Å². The molecule has 0 bridgehead atoms. The molecule has 2 aromatic rings. The smallest absolute Gasteiger partial charge is 0.125 e. The van der Waals surface area contributed by atoms with Crippen molar-refractivity contribution in [1.29, 1.82) is 0 Å². The van der Waals surface area contributed by atoms with E-state index in [1.165, 1.54) is 0 Å². The first kappa shape index (κ1) is 14.7. The fraction of sp³-hybridized carbons (Fsp3) is 0.294. The molecule has 0 aromatic heterocycles. The molecule has 0 aliphatic rings. The van der Waals surface area contributed by atoms with Crippen LogP contribution in [0.15, 0.2) is 36.4 Å². The van der Waals surface area contributed by atoms with Crippen molar-refractivity contribution in [2.24, 2.45) is 0 Å². The number of alkyl halides is 1. The molecule has 2 aromatic carbocycles. The van der Waals surface area contributed by atoms with E-state index >= 15 is 0 Å². The minimum Gasteiger partial charge on any atom is -0.497 e. The van der Waals surface area contributed by atoms with Gasteiger partial charge >= 0.3 is 0 Å². The molecule has 0 heterocycles. The standard InChI is InChI=1S/C17H19ClO2/c1-12-7-15(10-18)8-13(2)17(12)20-11-14-5-4-6-16(9-14)19-3/h4-9H,10-11H2,1-3H3. The maximum atomic E-state index is 5.95. The van der Waals surface area contributed by atoms with Crippen molar-refractivity contribution < 1.29 is 9.47 Å². The SMILES string of the molecule is COc1cccc(COc2c(C)cc(CCl)cc2C)c1. The van der Waals surface area contributed by atoms with E-state index in [0.717, 1.165) is 33.8 Å². The lowest BCUT2D eigenvalue weighted by atomic mass is 10.1. The molecule has 0 fully saturated rings. The van der Waals surface area contributed by atoms with Crippen LogP contribution in [-0.4, -0.2) is 7.11 Å². The third kappa shape index (κ3) is 3.45. The van der Waals surface area contributed by atoms with E-state index in [9.17, 15) is 0 Å². The molecule has 0 spiro atoms. The average Bonchev–Trinajstić information content (AvgIpc) is 2.46. The zero-order valence-corrected chi connectivity index (χ0v) is 12.8. The lowest BCUT2D eigenvalue weighted by Crippen LogP contribution is -2.00. The highest BCUT2D eigenvalue weighted by Crippen LogP contribution is 2.26.